The number of hydrogen-bond donors (Lipinski definition) is 1. The maximum absolute atomic E-state index is 6.23. The number of allylic oxidation sites excluding steroid dienone is 1. The average Bonchev–Trinajstić information content (AvgIpc) is 3.03. The normalized spacial score (nSPS) is 16.3. The molecule has 4 aromatic rings. The van der Waals surface area contributed by atoms with E-state index in [-0.39, 0.29) is 0 Å². The van der Waals surface area contributed by atoms with Crippen LogP contribution in [0.3, 0.4) is 0 Å². The lowest BCUT2D eigenvalue weighted by atomic mass is 9.79. The molecule has 6 rings (SSSR count). The maximum atomic E-state index is 6.23. The zero-order valence-electron chi connectivity index (χ0n) is 23.3. The molecule has 1 atom stereocenters. The summed E-state index contributed by atoms with van der Waals surface area (Å²) in [6.07, 6.45) is 1.99. The fourth-order valence-electron chi connectivity index (χ4n) is 5.82. The van der Waals surface area contributed by atoms with Gasteiger partial charge in [0.05, 0.1) is 0 Å². The molecule has 40 heavy (non-hydrogen) atoms. The predicted octanol–water partition coefficient (Wildman–Crippen LogP) is 6.84. The van der Waals surface area contributed by atoms with Crippen molar-refractivity contribution in [2.24, 2.45) is 0 Å². The van der Waals surface area contributed by atoms with Crippen LogP contribution in [-0.2, 0) is 13.0 Å². The lowest BCUT2D eigenvalue weighted by Gasteiger charge is -2.32. The Hall–Kier alpha value is -3.86. The van der Waals surface area contributed by atoms with Crippen LogP contribution < -0.4 is 14.8 Å². The van der Waals surface area contributed by atoms with Gasteiger partial charge in [0, 0.05) is 32.2 Å². The van der Waals surface area contributed by atoms with Gasteiger partial charge in [0.15, 0.2) is 0 Å². The van der Waals surface area contributed by atoms with Gasteiger partial charge in [-0.3, -0.25) is 4.90 Å². The van der Waals surface area contributed by atoms with Crippen molar-refractivity contribution >= 4 is 11.1 Å². The monoisotopic (exact) mass is 530 g/mol. The minimum Gasteiger partial charge on any atom is -0.492 e. The van der Waals surface area contributed by atoms with E-state index >= 15 is 0 Å². The Morgan fingerprint density at radius 2 is 1.43 bits per heavy atom. The largest absolute Gasteiger partial charge is 0.492 e. The molecule has 0 saturated carbocycles. The van der Waals surface area contributed by atoms with E-state index in [1.165, 1.54) is 39.0 Å². The molecule has 0 radical (unpaired) electrons. The molecule has 0 spiro atoms. The Kier molecular flexibility index (Phi) is 8.27. The Morgan fingerprint density at radius 3 is 2.17 bits per heavy atom. The quantitative estimate of drug-likeness (QED) is 0.257. The van der Waals surface area contributed by atoms with Crippen molar-refractivity contribution < 1.29 is 9.47 Å². The Labute approximate surface area is 238 Å². The predicted molar refractivity (Wildman–Crippen MR) is 164 cm³/mol. The van der Waals surface area contributed by atoms with E-state index in [1.54, 1.807) is 0 Å². The van der Waals surface area contributed by atoms with E-state index in [0.717, 1.165) is 50.5 Å². The first-order valence-electron chi connectivity index (χ1n) is 14.5. The number of nitrogens with one attached hydrogen (secondary N) is 1. The zero-order chi connectivity index (χ0) is 27.1. The molecular formula is C36H38N2O2. The molecule has 204 valence electrons. The molecule has 0 bridgehead atoms. The van der Waals surface area contributed by atoms with E-state index in [9.17, 15) is 0 Å². The minimum atomic E-state index is 0.401. The molecule has 1 aliphatic heterocycles. The van der Waals surface area contributed by atoms with E-state index in [2.05, 4.69) is 114 Å². The fraction of sp³-hybridized carbons (Fsp3) is 0.278. The van der Waals surface area contributed by atoms with Crippen molar-refractivity contribution in [3.05, 3.63) is 131 Å². The topological polar surface area (TPSA) is 33.7 Å². The van der Waals surface area contributed by atoms with Gasteiger partial charge in [0.1, 0.15) is 24.7 Å². The van der Waals surface area contributed by atoms with Gasteiger partial charge in [0.2, 0.25) is 0 Å². The van der Waals surface area contributed by atoms with E-state index in [1.807, 2.05) is 6.07 Å². The van der Waals surface area contributed by atoms with Gasteiger partial charge in [-0.15, -0.1) is 0 Å². The number of benzene rings is 4. The van der Waals surface area contributed by atoms with E-state index < -0.39 is 0 Å². The first kappa shape index (κ1) is 26.4. The van der Waals surface area contributed by atoms with Crippen LogP contribution in [0, 0.1) is 0 Å². The molecule has 4 nitrogen and oxygen atoms in total. The van der Waals surface area contributed by atoms with Gasteiger partial charge < -0.3 is 14.8 Å². The van der Waals surface area contributed by atoms with Crippen molar-refractivity contribution in [2.45, 2.75) is 32.4 Å². The molecule has 1 saturated heterocycles. The van der Waals surface area contributed by atoms with Crippen LogP contribution in [0.1, 0.15) is 41.2 Å². The minimum absolute atomic E-state index is 0.401. The highest BCUT2D eigenvalue weighted by Gasteiger charge is 2.22. The average molecular weight is 531 g/mol. The van der Waals surface area contributed by atoms with Gasteiger partial charge >= 0.3 is 0 Å². The molecule has 1 aliphatic carbocycles. The molecule has 4 aromatic carbocycles. The highest BCUT2D eigenvalue weighted by atomic mass is 16.5. The summed E-state index contributed by atoms with van der Waals surface area (Å²) in [4.78, 5) is 2.50. The summed E-state index contributed by atoms with van der Waals surface area (Å²) in [6, 6.07) is 36.8. The van der Waals surface area contributed by atoms with Gasteiger partial charge in [-0.1, -0.05) is 78.9 Å². The molecule has 1 fully saturated rings. The van der Waals surface area contributed by atoms with Crippen LogP contribution in [-0.4, -0.2) is 43.7 Å². The fourth-order valence-corrected chi connectivity index (χ4v) is 5.82. The van der Waals surface area contributed by atoms with Crippen molar-refractivity contribution in [3.63, 3.8) is 0 Å². The highest BCUT2D eigenvalue weighted by molar-refractivity contribution is 6.00. The highest BCUT2D eigenvalue weighted by Crippen LogP contribution is 2.42. The third-order valence-corrected chi connectivity index (χ3v) is 8.07. The summed E-state index contributed by atoms with van der Waals surface area (Å²) in [5.41, 5.74) is 9.02. The molecule has 1 unspecified atom stereocenters. The van der Waals surface area contributed by atoms with Gasteiger partial charge in [-0.2, -0.15) is 0 Å². The van der Waals surface area contributed by atoms with E-state index in [4.69, 9.17) is 9.47 Å². The summed E-state index contributed by atoms with van der Waals surface area (Å²) in [5.74, 6) is 1.85. The second kappa shape index (κ2) is 12.5. The van der Waals surface area contributed by atoms with Crippen molar-refractivity contribution in [1.29, 1.82) is 0 Å². The second-order valence-electron chi connectivity index (χ2n) is 10.8. The third kappa shape index (κ3) is 6.14. The molecule has 4 heteroatoms. The van der Waals surface area contributed by atoms with Crippen LogP contribution >= 0.6 is 0 Å². The summed E-state index contributed by atoms with van der Waals surface area (Å²) in [5, 5.41) is 3.43. The number of hydrogen-bond acceptors (Lipinski definition) is 4. The number of aryl methyl sites for hydroxylation is 1. The standard InChI is InChI=1S/C36H38N2O2/c1-27(38-22-20-37-21-23-38)25-39-32-15-12-30(13-16-32)36-34(29-10-6-3-7-11-29)18-14-31-24-33(17-19-35(31)36)40-26-28-8-4-2-5-9-28/h2-13,15-17,19,24,27,37H,14,18,20-23,25-26H2,1H3. The second-order valence-corrected chi connectivity index (χ2v) is 10.8. The molecule has 0 aromatic heterocycles. The maximum Gasteiger partial charge on any atom is 0.120 e. The van der Waals surface area contributed by atoms with Crippen LogP contribution in [0.25, 0.3) is 11.1 Å². The third-order valence-electron chi connectivity index (χ3n) is 8.07. The lowest BCUT2D eigenvalue weighted by molar-refractivity contribution is 0.132. The van der Waals surface area contributed by atoms with Crippen LogP contribution in [0.5, 0.6) is 11.5 Å². The van der Waals surface area contributed by atoms with Gasteiger partial charge in [0.25, 0.3) is 0 Å². The summed E-state index contributed by atoms with van der Waals surface area (Å²) in [6.45, 7) is 7.81. The molecule has 2 aliphatic rings. The van der Waals surface area contributed by atoms with Gasteiger partial charge in [-0.05, 0) is 83.0 Å². The Bertz CT molecular complexity index is 1430. The first-order valence-corrected chi connectivity index (χ1v) is 14.5. The molecule has 1 N–H and O–H groups in total. The Balaban J connectivity index is 1.24. The van der Waals surface area contributed by atoms with Crippen LogP contribution in [0.15, 0.2) is 103 Å². The van der Waals surface area contributed by atoms with Crippen LogP contribution in [0.2, 0.25) is 0 Å². The molecule has 1 heterocycles. The summed E-state index contributed by atoms with van der Waals surface area (Å²) < 4.78 is 12.4. The van der Waals surface area contributed by atoms with Crippen molar-refractivity contribution in [2.75, 3.05) is 32.8 Å². The first-order chi connectivity index (χ1) is 19.7. The summed E-state index contributed by atoms with van der Waals surface area (Å²) in [7, 11) is 0. The van der Waals surface area contributed by atoms with Crippen LogP contribution in [0.4, 0.5) is 0 Å². The van der Waals surface area contributed by atoms with Gasteiger partial charge in [-0.25, -0.2) is 0 Å². The van der Waals surface area contributed by atoms with Crippen molar-refractivity contribution in [1.82, 2.24) is 10.2 Å². The Morgan fingerprint density at radius 1 is 0.725 bits per heavy atom. The van der Waals surface area contributed by atoms with E-state index in [0.29, 0.717) is 19.3 Å². The number of piperazine rings is 1. The summed E-state index contributed by atoms with van der Waals surface area (Å²) >= 11 is 0. The smallest absolute Gasteiger partial charge is 0.120 e. The lowest BCUT2D eigenvalue weighted by Crippen LogP contribution is -2.49. The number of ether oxygens (including phenoxy) is 2. The molecule has 0 amide bonds. The number of rotatable bonds is 9. The SMILES string of the molecule is CC(COc1ccc(C2=C(c3ccccc3)CCc3cc(OCc4ccccc4)ccc32)cc1)N1CCNCC1. The number of fused-ring (bicyclic) bond motifs is 1. The zero-order valence-corrected chi connectivity index (χ0v) is 23.3. The van der Waals surface area contributed by atoms with Crippen molar-refractivity contribution in [3.8, 4) is 11.5 Å². The molecular weight excluding hydrogens is 492 g/mol. The number of nitrogens with zero attached hydrogens (tertiary/aromatic N) is 1.